The van der Waals surface area contributed by atoms with Gasteiger partial charge < -0.3 is 4.52 Å². The zero-order valence-corrected chi connectivity index (χ0v) is 6.07. The van der Waals surface area contributed by atoms with Gasteiger partial charge in [0.1, 0.15) is 5.52 Å². The predicted octanol–water partition coefficient (Wildman–Crippen LogP) is 1.25. The summed E-state index contributed by atoms with van der Waals surface area (Å²) >= 11 is 0. The minimum Gasteiger partial charge on any atom is -0.350 e. The number of carbonyl (C=O) groups is 1. The van der Waals surface area contributed by atoms with Crippen LogP contribution in [-0.4, -0.2) is 11.1 Å². The number of benzene rings is 1. The molecule has 1 amide bonds. The molecule has 4 heteroatoms. The number of carbonyl (C=O) groups excluding carboxylic acids is 1. The Balaban J connectivity index is 2.79. The van der Waals surface area contributed by atoms with Gasteiger partial charge in [0.05, 0.1) is 5.39 Å². The van der Waals surface area contributed by atoms with E-state index < -0.39 is 5.91 Å². The lowest BCUT2D eigenvalue weighted by Crippen LogP contribution is -1.96. The molecule has 0 fully saturated rings. The molecule has 1 aromatic carbocycles. The molecule has 0 spiro atoms. The Labute approximate surface area is 67.9 Å². The van der Waals surface area contributed by atoms with Crippen LogP contribution in [0.1, 0.15) is 10.6 Å². The minimum atomic E-state index is -0.844. The van der Waals surface area contributed by atoms with E-state index in [-0.39, 0.29) is 5.76 Å². The Morgan fingerprint density at radius 2 is 2.17 bits per heavy atom. The maximum Gasteiger partial charge on any atom is 0.308 e. The van der Waals surface area contributed by atoms with Crippen LogP contribution in [0.4, 0.5) is 0 Å². The van der Waals surface area contributed by atoms with Crippen LogP contribution in [0.5, 0.6) is 0 Å². The Kier molecular flexibility index (Phi) is 1.33. The fraction of sp³-hybridized carbons (Fsp3) is 0. The number of amides is 1. The van der Waals surface area contributed by atoms with Crippen LogP contribution in [0.15, 0.2) is 28.8 Å². The molecule has 0 saturated carbocycles. The summed E-state index contributed by atoms with van der Waals surface area (Å²) in [5.74, 6) is -0.839. The van der Waals surface area contributed by atoms with Crippen molar-refractivity contribution < 1.29 is 9.32 Å². The largest absolute Gasteiger partial charge is 0.350 e. The van der Waals surface area contributed by atoms with Crippen LogP contribution in [0.3, 0.4) is 0 Å². The maximum atomic E-state index is 10.7. The highest BCUT2D eigenvalue weighted by atomic mass is 16.5. The van der Waals surface area contributed by atoms with Crippen LogP contribution in [-0.2, 0) is 0 Å². The summed E-state index contributed by atoms with van der Waals surface area (Å²) in [5, 5.41) is 4.22. The second-order valence-electron chi connectivity index (χ2n) is 2.36. The van der Waals surface area contributed by atoms with Crippen molar-refractivity contribution in [2.75, 3.05) is 0 Å². The molecule has 59 valence electrons. The number of aromatic nitrogens is 1. The van der Waals surface area contributed by atoms with Crippen LogP contribution in [0.25, 0.3) is 10.9 Å². The van der Waals surface area contributed by atoms with Gasteiger partial charge in [-0.05, 0) is 12.1 Å². The predicted molar refractivity (Wildman–Crippen MR) is 41.4 cm³/mol. The average molecular weight is 161 g/mol. The van der Waals surface area contributed by atoms with Crippen molar-refractivity contribution in [3.63, 3.8) is 0 Å². The third-order valence-electron chi connectivity index (χ3n) is 1.59. The first-order chi connectivity index (χ1) is 5.79. The first-order valence-electron chi connectivity index (χ1n) is 3.39. The Morgan fingerprint density at radius 1 is 1.42 bits per heavy atom. The molecule has 1 heterocycles. The number of hydrogen-bond donors (Lipinski definition) is 0. The second-order valence-corrected chi connectivity index (χ2v) is 2.36. The number of hydrogen-bond acceptors (Lipinski definition) is 3. The molecule has 0 bridgehead atoms. The molecule has 2 aromatic rings. The average Bonchev–Trinajstić information content (AvgIpc) is 2.47. The Bertz CT molecular complexity index is 433. The summed E-state index contributed by atoms with van der Waals surface area (Å²) in [6, 6.07) is 6.99. The van der Waals surface area contributed by atoms with Gasteiger partial charge in [0, 0.05) is 0 Å². The number of rotatable bonds is 1. The molecule has 1 aromatic heterocycles. The summed E-state index contributed by atoms with van der Waals surface area (Å²) in [4.78, 5) is 10.7. The van der Waals surface area contributed by atoms with E-state index in [1.807, 2.05) is 0 Å². The van der Waals surface area contributed by atoms with Gasteiger partial charge >= 0.3 is 5.91 Å². The van der Waals surface area contributed by atoms with Gasteiger partial charge in [-0.15, -0.1) is 0 Å². The Hall–Kier alpha value is -1.84. The summed E-state index contributed by atoms with van der Waals surface area (Å²) in [5.41, 5.74) is 7.45. The zero-order chi connectivity index (χ0) is 8.55. The number of nitrogens with one attached hydrogen (secondary N) is 1. The standard InChI is InChI=1S/C8H5N2O2/c9-8(11)7-5-3-1-2-4-6(5)10-12-7/h1-4,9H. The number of fused-ring (bicyclic) bond motifs is 1. The molecular formula is C8H5N2O2. The normalized spacial score (nSPS) is 10.3. The van der Waals surface area contributed by atoms with E-state index >= 15 is 0 Å². The van der Waals surface area contributed by atoms with Crippen molar-refractivity contribution >= 4 is 16.8 Å². The molecule has 1 N–H and O–H groups in total. The van der Waals surface area contributed by atoms with Gasteiger partial charge in [-0.3, -0.25) is 10.5 Å². The molecule has 0 aliphatic carbocycles. The summed E-state index contributed by atoms with van der Waals surface area (Å²) in [7, 11) is 0. The minimum absolute atomic E-state index is 0.00519. The van der Waals surface area contributed by atoms with Crippen molar-refractivity contribution in [3.8, 4) is 0 Å². The molecular weight excluding hydrogens is 156 g/mol. The lowest BCUT2D eigenvalue weighted by molar-refractivity contribution is 0.0959. The van der Waals surface area contributed by atoms with Gasteiger partial charge in [-0.25, -0.2) is 0 Å². The third kappa shape index (κ3) is 0.852. The third-order valence-corrected chi connectivity index (χ3v) is 1.59. The van der Waals surface area contributed by atoms with Gasteiger partial charge in [-0.1, -0.05) is 17.3 Å². The molecule has 2 rings (SSSR count). The maximum absolute atomic E-state index is 10.7. The van der Waals surface area contributed by atoms with Gasteiger partial charge in [0.2, 0.25) is 5.76 Å². The van der Waals surface area contributed by atoms with Crippen LogP contribution in [0, 0.1) is 0 Å². The van der Waals surface area contributed by atoms with E-state index in [1.54, 1.807) is 24.3 Å². The fourth-order valence-corrected chi connectivity index (χ4v) is 1.05. The first-order valence-corrected chi connectivity index (χ1v) is 3.39. The van der Waals surface area contributed by atoms with Crippen molar-refractivity contribution in [2.45, 2.75) is 0 Å². The van der Waals surface area contributed by atoms with Crippen LogP contribution < -0.4 is 5.73 Å². The lowest BCUT2D eigenvalue weighted by atomic mass is 10.2. The van der Waals surface area contributed by atoms with E-state index in [1.165, 1.54) is 0 Å². The van der Waals surface area contributed by atoms with Crippen molar-refractivity contribution in [2.24, 2.45) is 0 Å². The zero-order valence-electron chi connectivity index (χ0n) is 6.07. The Morgan fingerprint density at radius 3 is 2.92 bits per heavy atom. The molecule has 0 aliphatic rings. The van der Waals surface area contributed by atoms with Crippen molar-refractivity contribution in [1.29, 1.82) is 0 Å². The molecule has 0 saturated heterocycles. The summed E-state index contributed by atoms with van der Waals surface area (Å²) < 4.78 is 4.69. The van der Waals surface area contributed by atoms with Crippen LogP contribution >= 0.6 is 0 Å². The highest BCUT2D eigenvalue weighted by Gasteiger charge is 2.12. The van der Waals surface area contributed by atoms with Gasteiger partial charge in [-0.2, -0.15) is 0 Å². The van der Waals surface area contributed by atoms with E-state index in [0.717, 1.165) is 0 Å². The van der Waals surface area contributed by atoms with Crippen molar-refractivity contribution in [1.82, 2.24) is 10.9 Å². The molecule has 1 radical (unpaired) electrons. The quantitative estimate of drug-likeness (QED) is 0.632. The topological polar surface area (TPSA) is 66.9 Å². The first kappa shape index (κ1) is 6.84. The molecule has 0 atom stereocenters. The smallest absolute Gasteiger partial charge is 0.308 e. The van der Waals surface area contributed by atoms with E-state index in [9.17, 15) is 4.79 Å². The van der Waals surface area contributed by atoms with Crippen molar-refractivity contribution in [3.05, 3.63) is 30.0 Å². The summed E-state index contributed by atoms with van der Waals surface area (Å²) in [6.45, 7) is 0. The molecule has 4 nitrogen and oxygen atoms in total. The monoisotopic (exact) mass is 161 g/mol. The van der Waals surface area contributed by atoms with Crippen LogP contribution in [0.2, 0.25) is 0 Å². The fourth-order valence-electron chi connectivity index (χ4n) is 1.05. The summed E-state index contributed by atoms with van der Waals surface area (Å²) in [6.07, 6.45) is 0. The molecule has 0 aliphatic heterocycles. The van der Waals surface area contributed by atoms with E-state index in [2.05, 4.69) is 9.68 Å². The molecule has 0 unspecified atom stereocenters. The second kappa shape index (κ2) is 2.34. The van der Waals surface area contributed by atoms with E-state index in [0.29, 0.717) is 10.9 Å². The van der Waals surface area contributed by atoms with Gasteiger partial charge in [0.15, 0.2) is 0 Å². The van der Waals surface area contributed by atoms with E-state index in [4.69, 9.17) is 5.73 Å². The molecule has 12 heavy (non-hydrogen) atoms. The van der Waals surface area contributed by atoms with Gasteiger partial charge in [0.25, 0.3) is 0 Å². The SMILES string of the molecule is [NH]C(=O)c1onc2ccccc12. The lowest BCUT2D eigenvalue weighted by Gasteiger charge is -1.85. The highest BCUT2D eigenvalue weighted by molar-refractivity contribution is 6.02. The highest BCUT2D eigenvalue weighted by Crippen LogP contribution is 2.16. The number of nitrogens with zero attached hydrogens (tertiary/aromatic N) is 1.